The zero-order chi connectivity index (χ0) is 13.1. The normalized spacial score (nSPS) is 13.8. The molecule has 17 heavy (non-hydrogen) atoms. The highest BCUT2D eigenvalue weighted by Crippen LogP contribution is 2.28. The van der Waals surface area contributed by atoms with Gasteiger partial charge in [-0.1, -0.05) is 36.7 Å². The monoisotopic (exact) mass is 301 g/mol. The molecular formula is C14H21BrFN. The summed E-state index contributed by atoms with van der Waals surface area (Å²) in [6.45, 7) is 6.59. The Balaban J connectivity index is 2.91. The summed E-state index contributed by atoms with van der Waals surface area (Å²) in [6, 6.07) is 5.39. The van der Waals surface area contributed by atoms with Gasteiger partial charge in [-0.2, -0.15) is 0 Å². The van der Waals surface area contributed by atoms with Crippen LogP contribution in [0, 0.1) is 11.2 Å². The maximum Gasteiger partial charge on any atom is 0.126 e. The molecule has 1 N–H and O–H groups in total. The molecule has 0 heterocycles. The van der Waals surface area contributed by atoms with Gasteiger partial charge in [-0.15, -0.1) is 0 Å². The molecule has 1 unspecified atom stereocenters. The molecule has 0 radical (unpaired) electrons. The Morgan fingerprint density at radius 1 is 1.41 bits per heavy atom. The van der Waals surface area contributed by atoms with Gasteiger partial charge in [0.1, 0.15) is 5.82 Å². The lowest BCUT2D eigenvalue weighted by Crippen LogP contribution is -2.41. The minimum absolute atomic E-state index is 0.125. The van der Waals surface area contributed by atoms with E-state index < -0.39 is 0 Å². The van der Waals surface area contributed by atoms with Gasteiger partial charge in [0.05, 0.1) is 0 Å². The van der Waals surface area contributed by atoms with Crippen LogP contribution >= 0.6 is 15.9 Å². The van der Waals surface area contributed by atoms with E-state index >= 15 is 0 Å². The van der Waals surface area contributed by atoms with Gasteiger partial charge in [0.15, 0.2) is 0 Å². The third-order valence-electron chi connectivity index (χ3n) is 3.63. The molecule has 0 saturated carbocycles. The fourth-order valence-corrected chi connectivity index (χ4v) is 2.34. The van der Waals surface area contributed by atoms with Crippen molar-refractivity contribution in [3.63, 3.8) is 0 Å². The van der Waals surface area contributed by atoms with Crippen LogP contribution in [-0.2, 0) is 6.42 Å². The number of hydrogen-bond acceptors (Lipinski definition) is 1. The molecule has 0 amide bonds. The zero-order valence-corrected chi connectivity index (χ0v) is 12.6. The summed E-state index contributed by atoms with van der Waals surface area (Å²) in [4.78, 5) is 0. The second-order valence-corrected chi connectivity index (χ2v) is 6.04. The SMILES string of the molecule is CCC(C)(C)C(Cc1cc(Br)ccc1F)NC. The molecule has 0 aliphatic heterocycles. The fourth-order valence-electron chi connectivity index (χ4n) is 1.94. The molecule has 0 fully saturated rings. The average Bonchev–Trinajstić information content (AvgIpc) is 2.30. The molecular weight excluding hydrogens is 281 g/mol. The summed E-state index contributed by atoms with van der Waals surface area (Å²) >= 11 is 3.39. The van der Waals surface area contributed by atoms with Crippen molar-refractivity contribution in [2.24, 2.45) is 5.41 Å². The van der Waals surface area contributed by atoms with Gasteiger partial charge >= 0.3 is 0 Å². The van der Waals surface area contributed by atoms with Gasteiger partial charge in [-0.05, 0) is 49.1 Å². The largest absolute Gasteiger partial charge is 0.316 e. The van der Waals surface area contributed by atoms with Crippen LogP contribution in [0.4, 0.5) is 4.39 Å². The van der Waals surface area contributed by atoms with Gasteiger partial charge < -0.3 is 5.32 Å². The highest BCUT2D eigenvalue weighted by molar-refractivity contribution is 9.10. The van der Waals surface area contributed by atoms with E-state index in [0.29, 0.717) is 6.42 Å². The number of benzene rings is 1. The first-order valence-corrected chi connectivity index (χ1v) is 6.81. The predicted octanol–water partition coefficient (Wildman–Crippen LogP) is 4.15. The van der Waals surface area contributed by atoms with Gasteiger partial charge in [-0.3, -0.25) is 0 Å². The molecule has 0 aromatic heterocycles. The molecule has 1 nitrogen and oxygen atoms in total. The number of hydrogen-bond donors (Lipinski definition) is 1. The van der Waals surface area contributed by atoms with Crippen LogP contribution in [0.2, 0.25) is 0 Å². The predicted molar refractivity (Wildman–Crippen MR) is 74.7 cm³/mol. The molecule has 0 aliphatic carbocycles. The number of nitrogens with one attached hydrogen (secondary N) is 1. The first-order chi connectivity index (χ1) is 7.90. The van der Waals surface area contributed by atoms with Crippen molar-refractivity contribution in [2.45, 2.75) is 39.7 Å². The standard InChI is InChI=1S/C14H21BrFN/c1-5-14(2,3)13(17-4)9-10-8-11(15)6-7-12(10)16/h6-8,13,17H,5,9H2,1-4H3. The topological polar surface area (TPSA) is 12.0 Å². The minimum atomic E-state index is -0.125. The lowest BCUT2D eigenvalue weighted by Gasteiger charge is -2.33. The first-order valence-electron chi connectivity index (χ1n) is 6.02. The van der Waals surface area contributed by atoms with E-state index in [4.69, 9.17) is 0 Å². The van der Waals surface area contributed by atoms with E-state index in [-0.39, 0.29) is 17.3 Å². The van der Waals surface area contributed by atoms with Crippen molar-refractivity contribution in [1.29, 1.82) is 0 Å². The molecule has 3 heteroatoms. The van der Waals surface area contributed by atoms with Crippen molar-refractivity contribution < 1.29 is 4.39 Å². The highest BCUT2D eigenvalue weighted by atomic mass is 79.9. The van der Waals surface area contributed by atoms with Crippen molar-refractivity contribution in [3.8, 4) is 0 Å². The van der Waals surface area contributed by atoms with Crippen LogP contribution in [0.5, 0.6) is 0 Å². The van der Waals surface area contributed by atoms with Crippen molar-refractivity contribution in [3.05, 3.63) is 34.1 Å². The van der Waals surface area contributed by atoms with Crippen LogP contribution < -0.4 is 5.32 Å². The average molecular weight is 302 g/mol. The van der Waals surface area contributed by atoms with E-state index in [1.54, 1.807) is 6.07 Å². The first kappa shape index (κ1) is 14.7. The fraction of sp³-hybridized carbons (Fsp3) is 0.571. The molecule has 1 aromatic carbocycles. The zero-order valence-electron chi connectivity index (χ0n) is 11.0. The molecule has 0 spiro atoms. The van der Waals surface area contributed by atoms with E-state index in [1.807, 2.05) is 13.1 Å². The minimum Gasteiger partial charge on any atom is -0.316 e. The Morgan fingerprint density at radius 2 is 2.06 bits per heavy atom. The van der Waals surface area contributed by atoms with Crippen LogP contribution in [0.25, 0.3) is 0 Å². The smallest absolute Gasteiger partial charge is 0.126 e. The summed E-state index contributed by atoms with van der Waals surface area (Å²) in [7, 11) is 1.94. The van der Waals surface area contributed by atoms with Gasteiger partial charge in [-0.25, -0.2) is 4.39 Å². The Bertz CT molecular complexity index is 376. The summed E-state index contributed by atoms with van der Waals surface area (Å²) in [6.07, 6.45) is 1.77. The Labute approximate surface area is 112 Å². The second kappa shape index (κ2) is 5.96. The molecule has 0 bridgehead atoms. The van der Waals surface area contributed by atoms with Crippen LogP contribution in [-0.4, -0.2) is 13.1 Å². The van der Waals surface area contributed by atoms with Gasteiger partial charge in [0.2, 0.25) is 0 Å². The molecule has 0 aliphatic rings. The number of halogens is 2. The molecule has 1 rings (SSSR count). The lowest BCUT2D eigenvalue weighted by molar-refractivity contribution is 0.239. The quantitative estimate of drug-likeness (QED) is 0.861. The number of likely N-dealkylation sites (N-methyl/N-ethyl adjacent to an activating group) is 1. The summed E-state index contributed by atoms with van der Waals surface area (Å²) in [5, 5.41) is 3.31. The third kappa shape index (κ3) is 3.78. The van der Waals surface area contributed by atoms with E-state index in [0.717, 1.165) is 16.5 Å². The summed E-state index contributed by atoms with van der Waals surface area (Å²) in [5.74, 6) is -0.125. The third-order valence-corrected chi connectivity index (χ3v) is 4.13. The molecule has 96 valence electrons. The van der Waals surface area contributed by atoms with Gasteiger partial charge in [0.25, 0.3) is 0 Å². The van der Waals surface area contributed by atoms with Crippen molar-refractivity contribution in [2.75, 3.05) is 7.05 Å². The Hall–Kier alpha value is -0.410. The second-order valence-electron chi connectivity index (χ2n) is 5.12. The maximum atomic E-state index is 13.7. The van der Waals surface area contributed by atoms with Crippen LogP contribution in [0.15, 0.2) is 22.7 Å². The van der Waals surface area contributed by atoms with Crippen LogP contribution in [0.3, 0.4) is 0 Å². The van der Waals surface area contributed by atoms with Crippen molar-refractivity contribution >= 4 is 15.9 Å². The lowest BCUT2D eigenvalue weighted by atomic mass is 9.79. The number of rotatable bonds is 5. The Kier molecular flexibility index (Phi) is 5.14. The molecule has 1 aromatic rings. The molecule has 1 atom stereocenters. The van der Waals surface area contributed by atoms with E-state index in [9.17, 15) is 4.39 Å². The maximum absolute atomic E-state index is 13.7. The summed E-state index contributed by atoms with van der Waals surface area (Å²) < 4.78 is 14.6. The highest BCUT2D eigenvalue weighted by Gasteiger charge is 2.27. The van der Waals surface area contributed by atoms with E-state index in [1.165, 1.54) is 6.07 Å². The van der Waals surface area contributed by atoms with Crippen molar-refractivity contribution in [1.82, 2.24) is 5.32 Å². The molecule has 0 saturated heterocycles. The summed E-state index contributed by atoms with van der Waals surface area (Å²) in [5.41, 5.74) is 0.920. The van der Waals surface area contributed by atoms with Gasteiger partial charge in [0, 0.05) is 10.5 Å². The van der Waals surface area contributed by atoms with Crippen LogP contribution in [0.1, 0.15) is 32.8 Å². The Morgan fingerprint density at radius 3 is 2.59 bits per heavy atom. The van der Waals surface area contributed by atoms with E-state index in [2.05, 4.69) is 42.0 Å².